The Hall–Kier alpha value is -3.21. The zero-order chi connectivity index (χ0) is 18.4. The van der Waals surface area contributed by atoms with E-state index in [-0.39, 0.29) is 31.3 Å². The van der Waals surface area contributed by atoms with Crippen LogP contribution in [0, 0.1) is 17.2 Å². The Morgan fingerprint density at radius 3 is 2.60 bits per heavy atom. The summed E-state index contributed by atoms with van der Waals surface area (Å²) in [6.07, 6.45) is 1.48. The summed E-state index contributed by atoms with van der Waals surface area (Å²) in [5.41, 5.74) is 1.04. The summed E-state index contributed by atoms with van der Waals surface area (Å²) in [5.74, 6) is -1.18. The number of hydrogen-bond donors (Lipinski definition) is 1. The van der Waals surface area contributed by atoms with E-state index in [9.17, 15) is 24.4 Å². The monoisotopic (exact) mass is 342 g/mol. The van der Waals surface area contributed by atoms with Crippen LogP contribution in [0.3, 0.4) is 0 Å². The Labute approximate surface area is 145 Å². The van der Waals surface area contributed by atoms with Crippen molar-refractivity contribution in [3.63, 3.8) is 0 Å². The fraction of sp³-hybridized carbons (Fsp3) is 0.353. The van der Waals surface area contributed by atoms with Crippen LogP contribution in [-0.4, -0.2) is 60.5 Å². The first-order chi connectivity index (χ1) is 12.0. The van der Waals surface area contributed by atoms with Crippen molar-refractivity contribution in [3.8, 4) is 6.07 Å². The van der Waals surface area contributed by atoms with Gasteiger partial charge in [0.25, 0.3) is 0 Å². The molecule has 1 saturated heterocycles. The van der Waals surface area contributed by atoms with E-state index in [0.29, 0.717) is 23.9 Å². The molecule has 0 aromatic heterocycles. The second-order valence-corrected chi connectivity index (χ2v) is 5.87. The van der Waals surface area contributed by atoms with E-state index in [1.165, 1.54) is 16.8 Å². The Kier molecular flexibility index (Phi) is 5.84. The van der Waals surface area contributed by atoms with Crippen LogP contribution in [0.5, 0.6) is 0 Å². The number of anilines is 1. The van der Waals surface area contributed by atoms with Crippen LogP contribution in [-0.2, 0) is 14.4 Å². The molecule has 2 rings (SSSR count). The lowest BCUT2D eigenvalue weighted by Gasteiger charge is -2.21. The Balaban J connectivity index is 2.01. The number of aldehydes is 1. The van der Waals surface area contributed by atoms with E-state index in [1.807, 2.05) is 6.07 Å². The second kappa shape index (κ2) is 8.06. The summed E-state index contributed by atoms with van der Waals surface area (Å²) in [5, 5.41) is 12.0. The largest absolute Gasteiger partial charge is 0.339 e. The molecule has 1 aromatic carbocycles. The highest BCUT2D eigenvalue weighted by Gasteiger charge is 2.38. The van der Waals surface area contributed by atoms with Crippen LogP contribution in [0.15, 0.2) is 24.3 Å². The zero-order valence-electron chi connectivity index (χ0n) is 13.7. The van der Waals surface area contributed by atoms with Gasteiger partial charge in [-0.05, 0) is 30.7 Å². The SMILES string of the molecule is CN(C=O)CC(=O)N1CC(C(=O)Nc2ccc(C=O)cc2)CC1C#N. The third kappa shape index (κ3) is 4.41. The maximum atomic E-state index is 12.4. The average Bonchev–Trinajstić information content (AvgIpc) is 3.07. The first-order valence-electron chi connectivity index (χ1n) is 7.69. The Morgan fingerprint density at radius 2 is 2.04 bits per heavy atom. The fourth-order valence-corrected chi connectivity index (χ4v) is 2.65. The fourth-order valence-electron chi connectivity index (χ4n) is 2.65. The van der Waals surface area contributed by atoms with Crippen LogP contribution in [0.4, 0.5) is 5.69 Å². The maximum Gasteiger partial charge on any atom is 0.243 e. The van der Waals surface area contributed by atoms with Crippen molar-refractivity contribution in [1.82, 2.24) is 9.80 Å². The first kappa shape index (κ1) is 18.1. The van der Waals surface area contributed by atoms with Gasteiger partial charge >= 0.3 is 0 Å². The number of nitrogens with one attached hydrogen (secondary N) is 1. The molecule has 1 aliphatic rings. The van der Waals surface area contributed by atoms with E-state index in [0.717, 1.165) is 0 Å². The molecule has 0 aliphatic carbocycles. The molecule has 8 nitrogen and oxygen atoms in total. The lowest BCUT2D eigenvalue weighted by atomic mass is 10.1. The molecule has 1 fully saturated rings. The quantitative estimate of drug-likeness (QED) is 0.746. The molecule has 2 atom stereocenters. The molecule has 1 N–H and O–H groups in total. The number of nitrogens with zero attached hydrogens (tertiary/aromatic N) is 3. The van der Waals surface area contributed by atoms with Gasteiger partial charge in [-0.3, -0.25) is 19.2 Å². The van der Waals surface area contributed by atoms with E-state index in [2.05, 4.69) is 5.32 Å². The molecule has 2 unspecified atom stereocenters. The number of rotatable bonds is 6. The van der Waals surface area contributed by atoms with Crippen LogP contribution >= 0.6 is 0 Å². The maximum absolute atomic E-state index is 12.4. The lowest BCUT2D eigenvalue weighted by Crippen LogP contribution is -2.41. The van der Waals surface area contributed by atoms with E-state index >= 15 is 0 Å². The zero-order valence-corrected chi connectivity index (χ0v) is 13.7. The van der Waals surface area contributed by atoms with Gasteiger partial charge < -0.3 is 15.1 Å². The molecule has 25 heavy (non-hydrogen) atoms. The minimum absolute atomic E-state index is 0.127. The molecular weight excluding hydrogens is 324 g/mol. The van der Waals surface area contributed by atoms with Gasteiger partial charge in [0.05, 0.1) is 18.5 Å². The predicted octanol–water partition coefficient (Wildman–Crippen LogP) is 0.266. The van der Waals surface area contributed by atoms with Crippen molar-refractivity contribution in [2.75, 3.05) is 25.5 Å². The Bertz CT molecular complexity index is 710. The molecule has 1 aromatic rings. The van der Waals surface area contributed by atoms with Crippen molar-refractivity contribution >= 4 is 30.2 Å². The minimum atomic E-state index is -0.694. The van der Waals surface area contributed by atoms with Gasteiger partial charge in [0.1, 0.15) is 12.3 Å². The van der Waals surface area contributed by atoms with Gasteiger partial charge in [-0.15, -0.1) is 0 Å². The molecule has 1 heterocycles. The highest BCUT2D eigenvalue weighted by molar-refractivity contribution is 5.94. The van der Waals surface area contributed by atoms with Crippen molar-refractivity contribution < 1.29 is 19.2 Å². The number of likely N-dealkylation sites (tertiary alicyclic amines) is 1. The van der Waals surface area contributed by atoms with Gasteiger partial charge in [0, 0.05) is 24.8 Å². The van der Waals surface area contributed by atoms with Gasteiger partial charge in [-0.2, -0.15) is 5.26 Å². The van der Waals surface area contributed by atoms with Crippen molar-refractivity contribution in [1.29, 1.82) is 5.26 Å². The Morgan fingerprint density at radius 1 is 1.36 bits per heavy atom. The topological polar surface area (TPSA) is 111 Å². The van der Waals surface area contributed by atoms with Gasteiger partial charge in [0.15, 0.2) is 0 Å². The third-order valence-corrected chi connectivity index (χ3v) is 4.02. The number of nitriles is 1. The summed E-state index contributed by atoms with van der Waals surface area (Å²) in [6, 6.07) is 7.73. The number of hydrogen-bond acceptors (Lipinski definition) is 5. The van der Waals surface area contributed by atoms with Crippen molar-refractivity contribution in [2.45, 2.75) is 12.5 Å². The molecule has 1 aliphatic heterocycles. The number of likely N-dealkylation sites (N-methyl/N-ethyl adjacent to an activating group) is 1. The molecule has 0 radical (unpaired) electrons. The van der Waals surface area contributed by atoms with Crippen LogP contribution < -0.4 is 5.32 Å². The summed E-state index contributed by atoms with van der Waals surface area (Å²) in [4.78, 5) is 48.4. The highest BCUT2D eigenvalue weighted by Crippen LogP contribution is 2.24. The highest BCUT2D eigenvalue weighted by atomic mass is 16.2. The lowest BCUT2D eigenvalue weighted by molar-refractivity contribution is -0.135. The summed E-state index contributed by atoms with van der Waals surface area (Å²) < 4.78 is 0. The van der Waals surface area contributed by atoms with Gasteiger partial charge in [-0.25, -0.2) is 0 Å². The third-order valence-electron chi connectivity index (χ3n) is 4.02. The molecule has 130 valence electrons. The molecule has 0 bridgehead atoms. The molecule has 0 saturated carbocycles. The minimum Gasteiger partial charge on any atom is -0.339 e. The molecule has 8 heteroatoms. The number of benzene rings is 1. The molecule has 0 spiro atoms. The number of carbonyl (C=O) groups is 4. The van der Waals surface area contributed by atoms with E-state index < -0.39 is 12.0 Å². The van der Waals surface area contributed by atoms with E-state index in [4.69, 9.17) is 0 Å². The van der Waals surface area contributed by atoms with Gasteiger partial charge in [0.2, 0.25) is 18.2 Å². The average molecular weight is 342 g/mol. The van der Waals surface area contributed by atoms with Crippen LogP contribution in [0.1, 0.15) is 16.8 Å². The van der Waals surface area contributed by atoms with Crippen LogP contribution in [0.25, 0.3) is 0 Å². The predicted molar refractivity (Wildman–Crippen MR) is 88.4 cm³/mol. The number of carbonyl (C=O) groups excluding carboxylic acids is 4. The van der Waals surface area contributed by atoms with E-state index in [1.54, 1.807) is 24.3 Å². The summed E-state index contributed by atoms with van der Waals surface area (Å²) in [7, 11) is 1.47. The summed E-state index contributed by atoms with van der Waals surface area (Å²) >= 11 is 0. The first-order valence-corrected chi connectivity index (χ1v) is 7.69. The standard InChI is InChI=1S/C17H18N4O4/c1-20(11-23)9-16(24)21-8-13(6-15(21)7-18)17(25)19-14-4-2-12(10-22)3-5-14/h2-5,10-11,13,15H,6,8-9H2,1H3,(H,19,25). The van der Waals surface area contributed by atoms with Crippen molar-refractivity contribution in [2.24, 2.45) is 5.92 Å². The molecule has 3 amide bonds. The van der Waals surface area contributed by atoms with Crippen LogP contribution in [0.2, 0.25) is 0 Å². The summed E-state index contributed by atoms with van der Waals surface area (Å²) in [6.45, 7) is -0.00874. The van der Waals surface area contributed by atoms with Crippen molar-refractivity contribution in [3.05, 3.63) is 29.8 Å². The van der Waals surface area contributed by atoms with Gasteiger partial charge in [-0.1, -0.05) is 0 Å². The second-order valence-electron chi connectivity index (χ2n) is 5.87. The molecular formula is C17H18N4O4. The smallest absolute Gasteiger partial charge is 0.243 e. The number of amides is 3. The normalized spacial score (nSPS) is 19.0.